The third kappa shape index (κ3) is 2.66. The molecule has 0 aliphatic rings. The minimum atomic E-state index is -0.473. The van der Waals surface area contributed by atoms with Crippen LogP contribution in [0.3, 0.4) is 0 Å². The third-order valence-electron chi connectivity index (χ3n) is 3.48. The predicted octanol–water partition coefficient (Wildman–Crippen LogP) is 1.32. The van der Waals surface area contributed by atoms with Crippen molar-refractivity contribution < 1.29 is 14.0 Å². The number of aromatic nitrogens is 3. The second kappa shape index (κ2) is 5.56. The summed E-state index contributed by atoms with van der Waals surface area (Å²) in [5.74, 6) is -0.450. The standard InChI is InChI=1S/C15H15N5O3/c1-8-6-13-16-7-12(9(2)20(13)19-8)15(22)18-17-14(21)11-4-5-23-10(11)3/h4-7H,1-3H3,(H,17,21)(H,18,22). The van der Waals surface area contributed by atoms with Crippen molar-refractivity contribution in [3.8, 4) is 0 Å². The number of furan rings is 1. The number of nitrogens with one attached hydrogen (secondary N) is 2. The van der Waals surface area contributed by atoms with Crippen molar-refractivity contribution in [2.45, 2.75) is 20.8 Å². The molecule has 3 heterocycles. The van der Waals surface area contributed by atoms with Crippen molar-refractivity contribution in [1.82, 2.24) is 25.4 Å². The summed E-state index contributed by atoms with van der Waals surface area (Å²) in [4.78, 5) is 28.4. The van der Waals surface area contributed by atoms with E-state index in [-0.39, 0.29) is 0 Å². The lowest BCUT2D eigenvalue weighted by Crippen LogP contribution is -2.42. The fourth-order valence-corrected chi connectivity index (χ4v) is 2.25. The lowest BCUT2D eigenvalue weighted by atomic mass is 10.2. The zero-order chi connectivity index (χ0) is 16.6. The molecule has 8 nitrogen and oxygen atoms in total. The highest BCUT2D eigenvalue weighted by Crippen LogP contribution is 2.11. The van der Waals surface area contributed by atoms with Crippen LogP contribution in [0.25, 0.3) is 5.65 Å². The van der Waals surface area contributed by atoms with Gasteiger partial charge in [0.1, 0.15) is 5.76 Å². The molecule has 118 valence electrons. The van der Waals surface area contributed by atoms with Crippen molar-refractivity contribution in [1.29, 1.82) is 0 Å². The highest BCUT2D eigenvalue weighted by Gasteiger charge is 2.16. The molecule has 0 spiro atoms. The molecule has 0 saturated heterocycles. The first-order valence-corrected chi connectivity index (χ1v) is 6.94. The predicted molar refractivity (Wildman–Crippen MR) is 80.8 cm³/mol. The van der Waals surface area contributed by atoms with Gasteiger partial charge in [0, 0.05) is 12.3 Å². The van der Waals surface area contributed by atoms with E-state index in [1.54, 1.807) is 18.4 Å². The van der Waals surface area contributed by atoms with Crippen LogP contribution in [0.15, 0.2) is 29.0 Å². The van der Waals surface area contributed by atoms with Gasteiger partial charge in [0.2, 0.25) is 0 Å². The molecule has 3 aromatic heterocycles. The van der Waals surface area contributed by atoms with Crippen LogP contribution in [0.2, 0.25) is 0 Å². The van der Waals surface area contributed by atoms with Gasteiger partial charge in [0.15, 0.2) is 5.65 Å². The Morgan fingerprint density at radius 2 is 1.83 bits per heavy atom. The van der Waals surface area contributed by atoms with Crippen LogP contribution in [0.1, 0.15) is 37.9 Å². The topological polar surface area (TPSA) is 102 Å². The van der Waals surface area contributed by atoms with Crippen molar-refractivity contribution in [2.24, 2.45) is 0 Å². The van der Waals surface area contributed by atoms with E-state index in [1.165, 1.54) is 18.5 Å². The van der Waals surface area contributed by atoms with Gasteiger partial charge in [0.25, 0.3) is 11.8 Å². The largest absolute Gasteiger partial charge is 0.469 e. The van der Waals surface area contributed by atoms with Crippen LogP contribution in [0.4, 0.5) is 0 Å². The maximum atomic E-state index is 12.2. The molecular weight excluding hydrogens is 298 g/mol. The zero-order valence-corrected chi connectivity index (χ0v) is 12.9. The molecule has 0 radical (unpaired) electrons. The fraction of sp³-hybridized carbons (Fsp3) is 0.200. The molecule has 0 aliphatic heterocycles. The number of rotatable bonds is 2. The second-order valence-electron chi connectivity index (χ2n) is 5.11. The SMILES string of the molecule is Cc1cc2ncc(C(=O)NNC(=O)c3ccoc3C)c(C)n2n1. The molecule has 3 aromatic rings. The number of carbonyl (C=O) groups is 2. The summed E-state index contributed by atoms with van der Waals surface area (Å²) < 4.78 is 6.64. The first kappa shape index (κ1) is 14.8. The maximum Gasteiger partial charge on any atom is 0.273 e. The summed E-state index contributed by atoms with van der Waals surface area (Å²) in [6.07, 6.45) is 2.87. The Bertz CT molecular complexity index is 909. The Morgan fingerprint density at radius 3 is 2.48 bits per heavy atom. The normalized spacial score (nSPS) is 10.7. The summed E-state index contributed by atoms with van der Waals surface area (Å²) in [7, 11) is 0. The molecule has 0 fully saturated rings. The molecule has 23 heavy (non-hydrogen) atoms. The lowest BCUT2D eigenvalue weighted by molar-refractivity contribution is 0.0844. The number of hydrogen-bond acceptors (Lipinski definition) is 5. The van der Waals surface area contributed by atoms with Crippen LogP contribution in [-0.2, 0) is 0 Å². The van der Waals surface area contributed by atoms with Crippen LogP contribution >= 0.6 is 0 Å². The number of fused-ring (bicyclic) bond motifs is 1. The molecule has 2 amide bonds. The average molecular weight is 313 g/mol. The second-order valence-corrected chi connectivity index (χ2v) is 5.11. The van der Waals surface area contributed by atoms with Crippen molar-refractivity contribution >= 4 is 17.5 Å². The first-order chi connectivity index (χ1) is 11.0. The lowest BCUT2D eigenvalue weighted by Gasteiger charge is -2.09. The van der Waals surface area contributed by atoms with E-state index in [4.69, 9.17) is 4.42 Å². The highest BCUT2D eigenvalue weighted by atomic mass is 16.3. The van der Waals surface area contributed by atoms with Crippen molar-refractivity contribution in [3.63, 3.8) is 0 Å². The molecule has 0 bridgehead atoms. The van der Waals surface area contributed by atoms with E-state index >= 15 is 0 Å². The molecule has 8 heteroatoms. The molecule has 0 saturated carbocycles. The van der Waals surface area contributed by atoms with Gasteiger partial charge in [-0.15, -0.1) is 0 Å². The van der Waals surface area contributed by atoms with Gasteiger partial charge >= 0.3 is 0 Å². The quantitative estimate of drug-likeness (QED) is 0.695. The molecule has 0 atom stereocenters. The summed E-state index contributed by atoms with van der Waals surface area (Å²) >= 11 is 0. The Balaban J connectivity index is 1.77. The molecule has 0 aromatic carbocycles. The van der Waals surface area contributed by atoms with Crippen LogP contribution in [0.5, 0.6) is 0 Å². The molecule has 3 rings (SSSR count). The smallest absolute Gasteiger partial charge is 0.273 e. The highest BCUT2D eigenvalue weighted by molar-refractivity contribution is 5.99. The van der Waals surface area contributed by atoms with E-state index in [0.29, 0.717) is 28.2 Å². The summed E-state index contributed by atoms with van der Waals surface area (Å²) in [6, 6.07) is 3.35. The Morgan fingerprint density at radius 1 is 1.13 bits per heavy atom. The van der Waals surface area contributed by atoms with Crippen LogP contribution < -0.4 is 10.9 Å². The monoisotopic (exact) mass is 313 g/mol. The summed E-state index contributed by atoms with van der Waals surface area (Å²) in [5, 5.41) is 4.28. The number of amides is 2. The average Bonchev–Trinajstić information content (AvgIpc) is 3.10. The summed E-state index contributed by atoms with van der Waals surface area (Å²) in [5.41, 5.74) is 7.50. The molecule has 0 aliphatic carbocycles. The third-order valence-corrected chi connectivity index (χ3v) is 3.48. The zero-order valence-electron chi connectivity index (χ0n) is 12.9. The minimum absolute atomic E-state index is 0.324. The maximum absolute atomic E-state index is 12.2. The van der Waals surface area contributed by atoms with Gasteiger partial charge in [0.05, 0.1) is 28.8 Å². The number of hydrazine groups is 1. The van der Waals surface area contributed by atoms with E-state index < -0.39 is 11.8 Å². The molecule has 2 N–H and O–H groups in total. The number of hydrogen-bond donors (Lipinski definition) is 2. The van der Waals surface area contributed by atoms with Gasteiger partial charge in [-0.3, -0.25) is 20.4 Å². The number of aryl methyl sites for hydroxylation is 3. The van der Waals surface area contributed by atoms with Gasteiger partial charge in [-0.1, -0.05) is 0 Å². The van der Waals surface area contributed by atoms with Gasteiger partial charge in [-0.2, -0.15) is 5.10 Å². The van der Waals surface area contributed by atoms with Gasteiger partial charge < -0.3 is 4.42 Å². The van der Waals surface area contributed by atoms with E-state index in [9.17, 15) is 9.59 Å². The fourth-order valence-electron chi connectivity index (χ4n) is 2.25. The summed E-state index contributed by atoms with van der Waals surface area (Å²) in [6.45, 7) is 5.28. The van der Waals surface area contributed by atoms with Crippen molar-refractivity contribution in [2.75, 3.05) is 0 Å². The minimum Gasteiger partial charge on any atom is -0.469 e. The van der Waals surface area contributed by atoms with Crippen LogP contribution in [0, 0.1) is 20.8 Å². The van der Waals surface area contributed by atoms with E-state index in [2.05, 4.69) is 20.9 Å². The Labute approximate surface area is 131 Å². The molecular formula is C15H15N5O3. The Hall–Kier alpha value is -3.16. The molecule has 0 unspecified atom stereocenters. The van der Waals surface area contributed by atoms with E-state index in [0.717, 1.165) is 5.69 Å². The number of carbonyl (C=O) groups excluding carboxylic acids is 2. The van der Waals surface area contributed by atoms with Gasteiger partial charge in [-0.05, 0) is 26.8 Å². The van der Waals surface area contributed by atoms with Gasteiger partial charge in [-0.25, -0.2) is 9.50 Å². The Kier molecular flexibility index (Phi) is 3.57. The van der Waals surface area contributed by atoms with Crippen molar-refractivity contribution in [3.05, 3.63) is 52.9 Å². The number of nitrogens with zero attached hydrogens (tertiary/aromatic N) is 3. The first-order valence-electron chi connectivity index (χ1n) is 6.94. The van der Waals surface area contributed by atoms with E-state index in [1.807, 2.05) is 13.0 Å². The van der Waals surface area contributed by atoms with Crippen LogP contribution in [-0.4, -0.2) is 26.4 Å².